The number of nitrogens with two attached hydrogens (primary N) is 1. The lowest BCUT2D eigenvalue weighted by Crippen LogP contribution is -2.13. The molecule has 2 aromatic carbocycles. The van der Waals surface area contributed by atoms with Gasteiger partial charge in [0.05, 0.1) is 23.4 Å². The number of benzene rings is 2. The Morgan fingerprint density at radius 1 is 1.00 bits per heavy atom. The van der Waals surface area contributed by atoms with Crippen molar-refractivity contribution in [2.75, 3.05) is 7.11 Å². The second-order valence-corrected chi connectivity index (χ2v) is 9.28. The molecule has 1 aromatic heterocycles. The van der Waals surface area contributed by atoms with Gasteiger partial charge < -0.3 is 4.74 Å². The summed E-state index contributed by atoms with van der Waals surface area (Å²) in [5.74, 6) is -3.10. The van der Waals surface area contributed by atoms with E-state index in [4.69, 9.17) is 9.88 Å². The van der Waals surface area contributed by atoms with Crippen molar-refractivity contribution in [1.82, 2.24) is 9.78 Å². The van der Waals surface area contributed by atoms with Crippen LogP contribution in [0.15, 0.2) is 64.5 Å². The average molecular weight is 443 g/mol. The van der Waals surface area contributed by atoms with Crippen LogP contribution in [0.2, 0.25) is 0 Å². The van der Waals surface area contributed by atoms with Gasteiger partial charge in [-0.15, -0.1) is 0 Å². The third-order valence-electron chi connectivity index (χ3n) is 4.01. The summed E-state index contributed by atoms with van der Waals surface area (Å²) in [6, 6.07) is 12.5. The zero-order valence-corrected chi connectivity index (χ0v) is 16.5. The van der Waals surface area contributed by atoms with Crippen LogP contribution in [-0.2, 0) is 19.9 Å². The highest BCUT2D eigenvalue weighted by molar-refractivity contribution is 7.91. The first kappa shape index (κ1) is 20.9. The minimum atomic E-state index is -4.94. The van der Waals surface area contributed by atoms with Gasteiger partial charge in [0, 0.05) is 11.6 Å². The van der Waals surface area contributed by atoms with E-state index in [-0.39, 0.29) is 16.3 Å². The average Bonchev–Trinajstić information content (AvgIpc) is 3.13. The molecule has 3 rings (SSSR count). The van der Waals surface area contributed by atoms with Gasteiger partial charge in [0.25, 0.3) is 9.84 Å². The van der Waals surface area contributed by atoms with E-state index >= 15 is 0 Å². The Bertz CT molecular complexity index is 1240. The molecule has 0 saturated carbocycles. The molecule has 29 heavy (non-hydrogen) atoms. The minimum Gasteiger partial charge on any atom is -0.497 e. The smallest absolute Gasteiger partial charge is 0.342 e. The zero-order chi connectivity index (χ0) is 21.4. The largest absolute Gasteiger partial charge is 0.497 e. The number of aromatic nitrogens is 2. The van der Waals surface area contributed by atoms with E-state index in [0.29, 0.717) is 11.3 Å². The van der Waals surface area contributed by atoms with Crippen LogP contribution >= 0.6 is 0 Å². The fraction of sp³-hybridized carbons (Fsp3) is 0.118. The predicted octanol–water partition coefficient (Wildman–Crippen LogP) is 2.19. The summed E-state index contributed by atoms with van der Waals surface area (Å²) in [4.78, 5) is -0.167. The van der Waals surface area contributed by atoms with Crippen molar-refractivity contribution in [1.29, 1.82) is 0 Å². The molecule has 0 unspecified atom stereocenters. The standard InChI is InChI=1S/C17H15F2N3O5S2/c1-27-13-6-2-11(3-7-13)15-10-16(28(23,24)17(18)19)21-22(15)12-4-8-14(9-5-12)29(20,25)26/h2-10,17H,1H3,(H2,20,25,26). The number of halogens is 2. The van der Waals surface area contributed by atoms with Gasteiger partial charge >= 0.3 is 5.76 Å². The number of hydrogen-bond acceptors (Lipinski definition) is 6. The number of methoxy groups -OCH3 is 1. The first-order valence-corrected chi connectivity index (χ1v) is 11.0. The van der Waals surface area contributed by atoms with Crippen LogP contribution in [0.3, 0.4) is 0 Å². The number of ether oxygens (including phenoxy) is 1. The number of sulfonamides is 1. The molecule has 0 atom stereocenters. The molecule has 0 aliphatic carbocycles. The molecule has 8 nitrogen and oxygen atoms in total. The summed E-state index contributed by atoms with van der Waals surface area (Å²) in [5, 5.41) is 8.07. The molecule has 1 heterocycles. The lowest BCUT2D eigenvalue weighted by atomic mass is 10.1. The fourth-order valence-electron chi connectivity index (χ4n) is 2.53. The van der Waals surface area contributed by atoms with E-state index in [0.717, 1.165) is 10.7 Å². The van der Waals surface area contributed by atoms with E-state index in [1.807, 2.05) is 0 Å². The molecular formula is C17H15F2N3O5S2. The van der Waals surface area contributed by atoms with Crippen molar-refractivity contribution in [2.45, 2.75) is 15.7 Å². The molecule has 0 spiro atoms. The highest BCUT2D eigenvalue weighted by Crippen LogP contribution is 2.29. The van der Waals surface area contributed by atoms with Crippen LogP contribution < -0.4 is 9.88 Å². The maximum Gasteiger partial charge on any atom is 0.342 e. The van der Waals surface area contributed by atoms with Crippen molar-refractivity contribution < 1.29 is 30.4 Å². The molecule has 12 heteroatoms. The molecular weight excluding hydrogens is 428 g/mol. The van der Waals surface area contributed by atoms with Gasteiger partial charge in [-0.05, 0) is 48.5 Å². The highest BCUT2D eigenvalue weighted by atomic mass is 32.2. The Morgan fingerprint density at radius 2 is 1.59 bits per heavy atom. The van der Waals surface area contributed by atoms with Crippen LogP contribution in [0.25, 0.3) is 16.9 Å². The SMILES string of the molecule is COc1ccc(-c2cc(S(=O)(=O)C(F)F)nn2-c2ccc(S(N)(=O)=O)cc2)cc1. The fourth-order valence-corrected chi connectivity index (χ4v) is 3.70. The van der Waals surface area contributed by atoms with Crippen LogP contribution in [-0.4, -0.2) is 39.5 Å². The van der Waals surface area contributed by atoms with E-state index in [1.54, 1.807) is 24.3 Å². The number of hydrogen-bond donors (Lipinski definition) is 1. The van der Waals surface area contributed by atoms with Gasteiger partial charge in [-0.1, -0.05) is 0 Å². The number of nitrogens with zero attached hydrogens (tertiary/aromatic N) is 2. The normalized spacial score (nSPS) is 12.3. The zero-order valence-electron chi connectivity index (χ0n) is 14.9. The number of primary sulfonamides is 1. The molecule has 0 amide bonds. The minimum absolute atomic E-state index is 0.167. The lowest BCUT2D eigenvalue weighted by Gasteiger charge is -2.09. The second kappa shape index (κ2) is 7.54. The topological polar surface area (TPSA) is 121 Å². The van der Waals surface area contributed by atoms with E-state index in [2.05, 4.69) is 5.10 Å². The summed E-state index contributed by atoms with van der Waals surface area (Å²) in [7, 11) is -7.41. The molecule has 0 fully saturated rings. The second-order valence-electron chi connectivity index (χ2n) is 5.85. The molecule has 0 radical (unpaired) electrons. The third kappa shape index (κ3) is 4.13. The summed E-state index contributed by atoms with van der Waals surface area (Å²) in [5.41, 5.74) is 0.929. The number of sulfone groups is 1. The van der Waals surface area contributed by atoms with Crippen molar-refractivity contribution >= 4 is 19.9 Å². The maximum atomic E-state index is 13.0. The Kier molecular flexibility index (Phi) is 5.43. The van der Waals surface area contributed by atoms with Gasteiger partial charge in [0.1, 0.15) is 5.75 Å². The van der Waals surface area contributed by atoms with Gasteiger partial charge in [0.2, 0.25) is 10.0 Å². The van der Waals surface area contributed by atoms with Crippen molar-refractivity contribution in [2.24, 2.45) is 5.14 Å². The van der Waals surface area contributed by atoms with Gasteiger partial charge in [-0.3, -0.25) is 0 Å². The van der Waals surface area contributed by atoms with E-state index in [1.165, 1.54) is 31.4 Å². The Labute approximate surface area is 165 Å². The summed E-state index contributed by atoms with van der Waals surface area (Å²) in [6.07, 6.45) is 0. The Balaban J connectivity index is 2.19. The molecule has 0 saturated heterocycles. The van der Waals surface area contributed by atoms with Crippen molar-refractivity contribution in [3.63, 3.8) is 0 Å². The molecule has 154 valence electrons. The molecule has 3 aromatic rings. The number of alkyl halides is 2. The summed E-state index contributed by atoms with van der Waals surface area (Å²) in [6.45, 7) is 0. The summed E-state index contributed by atoms with van der Waals surface area (Å²) < 4.78 is 78.8. The summed E-state index contributed by atoms with van der Waals surface area (Å²) >= 11 is 0. The van der Waals surface area contributed by atoms with Crippen molar-refractivity contribution in [3.8, 4) is 22.7 Å². The van der Waals surface area contributed by atoms with Gasteiger partial charge in [-0.2, -0.15) is 13.9 Å². The Hall–Kier alpha value is -2.83. The van der Waals surface area contributed by atoms with Crippen LogP contribution in [0.4, 0.5) is 8.78 Å². The molecule has 0 aliphatic rings. The first-order chi connectivity index (χ1) is 13.5. The maximum absolute atomic E-state index is 13.0. The van der Waals surface area contributed by atoms with Crippen LogP contribution in [0, 0.1) is 0 Å². The predicted molar refractivity (Wildman–Crippen MR) is 100 cm³/mol. The van der Waals surface area contributed by atoms with E-state index in [9.17, 15) is 25.6 Å². The van der Waals surface area contributed by atoms with Gasteiger partial charge in [-0.25, -0.2) is 26.7 Å². The van der Waals surface area contributed by atoms with E-state index < -0.39 is 30.6 Å². The highest BCUT2D eigenvalue weighted by Gasteiger charge is 2.31. The quantitative estimate of drug-likeness (QED) is 0.623. The molecule has 2 N–H and O–H groups in total. The van der Waals surface area contributed by atoms with Gasteiger partial charge in [0.15, 0.2) is 5.03 Å². The van der Waals surface area contributed by atoms with Crippen molar-refractivity contribution in [3.05, 3.63) is 54.6 Å². The monoisotopic (exact) mass is 443 g/mol. The van der Waals surface area contributed by atoms with Crippen LogP contribution in [0.1, 0.15) is 0 Å². The number of rotatable bonds is 6. The third-order valence-corrected chi connectivity index (χ3v) is 6.19. The van der Waals surface area contributed by atoms with Crippen LogP contribution in [0.5, 0.6) is 5.75 Å². The first-order valence-electron chi connectivity index (χ1n) is 7.94. The molecule has 0 bridgehead atoms. The lowest BCUT2D eigenvalue weighted by molar-refractivity contribution is 0.234. The molecule has 0 aliphatic heterocycles. The Morgan fingerprint density at radius 3 is 2.07 bits per heavy atom.